The second-order valence-electron chi connectivity index (χ2n) is 2.37. The summed E-state index contributed by atoms with van der Waals surface area (Å²) in [6.07, 6.45) is -4.45. The zero-order valence-corrected chi connectivity index (χ0v) is 6.71. The highest BCUT2D eigenvalue weighted by Crippen LogP contribution is 2.27. The number of allylic oxidation sites excluding steroid dienone is 1. The van der Waals surface area contributed by atoms with Crippen LogP contribution in [0, 0.1) is 0 Å². The first-order chi connectivity index (χ1) is 5.41. The molecule has 0 aromatic heterocycles. The van der Waals surface area contributed by atoms with Crippen LogP contribution in [-0.4, -0.2) is 11.9 Å². The summed E-state index contributed by atoms with van der Waals surface area (Å²) in [5.74, 6) is 0. The molecule has 0 saturated heterocycles. The molecule has 2 nitrogen and oxygen atoms in total. The molecule has 0 bridgehead atoms. The van der Waals surface area contributed by atoms with Crippen molar-refractivity contribution in [3.63, 3.8) is 0 Å². The summed E-state index contributed by atoms with van der Waals surface area (Å²) in [4.78, 5) is 3.15. The quantitative estimate of drug-likeness (QED) is 0.595. The maximum Gasteiger partial charge on any atom is 0.429 e. The van der Waals surface area contributed by atoms with Crippen molar-refractivity contribution in [1.29, 1.82) is 0 Å². The number of alkyl halides is 3. The van der Waals surface area contributed by atoms with Gasteiger partial charge in [0.05, 0.1) is 0 Å². The average Bonchev–Trinajstić information content (AvgIpc) is 1.92. The van der Waals surface area contributed by atoms with Crippen LogP contribution < -0.4 is 5.73 Å². The normalized spacial score (nSPS) is 19.5. The molecule has 0 saturated carbocycles. The Labute approximate surface area is 71.9 Å². The van der Waals surface area contributed by atoms with Crippen molar-refractivity contribution in [1.82, 2.24) is 0 Å². The number of nitrogens with two attached hydrogens (primary N) is 1. The molecule has 68 valence electrons. The molecule has 6 heteroatoms. The molecule has 0 spiro atoms. The molecule has 0 amide bonds. The molecule has 12 heavy (non-hydrogen) atoms. The molecular formula is C6H6ClF3N2. The van der Waals surface area contributed by atoms with Gasteiger partial charge in [0.15, 0.2) is 0 Å². The van der Waals surface area contributed by atoms with Crippen LogP contribution in [0.1, 0.15) is 12.8 Å². The molecule has 0 atom stereocenters. The second kappa shape index (κ2) is 2.97. The Kier molecular flexibility index (Phi) is 2.32. The summed E-state index contributed by atoms with van der Waals surface area (Å²) in [6, 6.07) is 0. The lowest BCUT2D eigenvalue weighted by Crippen LogP contribution is -2.25. The van der Waals surface area contributed by atoms with Crippen molar-refractivity contribution < 1.29 is 13.2 Å². The number of nitrogens with zero attached hydrogens (tertiary/aromatic N) is 1. The Morgan fingerprint density at radius 1 is 1.33 bits per heavy atom. The Hall–Kier alpha value is -0.710. The molecular weight excluding hydrogens is 193 g/mol. The van der Waals surface area contributed by atoms with Crippen LogP contribution in [-0.2, 0) is 0 Å². The summed E-state index contributed by atoms with van der Waals surface area (Å²) in [6.45, 7) is 0. The molecule has 1 aliphatic rings. The van der Waals surface area contributed by atoms with E-state index < -0.39 is 11.9 Å². The summed E-state index contributed by atoms with van der Waals surface area (Å²) >= 11 is 5.34. The van der Waals surface area contributed by atoms with Crippen molar-refractivity contribution in [2.45, 2.75) is 19.0 Å². The van der Waals surface area contributed by atoms with Gasteiger partial charge in [-0.1, -0.05) is 11.6 Å². The van der Waals surface area contributed by atoms with Gasteiger partial charge in [-0.3, -0.25) is 0 Å². The Bertz CT molecular complexity index is 254. The first-order valence-corrected chi connectivity index (χ1v) is 3.58. The fourth-order valence-electron chi connectivity index (χ4n) is 0.808. The van der Waals surface area contributed by atoms with E-state index >= 15 is 0 Å². The fourth-order valence-corrected chi connectivity index (χ4v) is 1.00. The van der Waals surface area contributed by atoms with Gasteiger partial charge in [0, 0.05) is 12.1 Å². The zero-order valence-electron chi connectivity index (χ0n) is 5.95. The van der Waals surface area contributed by atoms with Gasteiger partial charge in [-0.15, -0.1) is 0 Å². The Morgan fingerprint density at radius 3 is 2.33 bits per heavy atom. The van der Waals surface area contributed by atoms with Crippen LogP contribution in [0.4, 0.5) is 13.2 Å². The lowest BCUT2D eigenvalue weighted by atomic mass is 10.1. The van der Waals surface area contributed by atoms with Crippen LogP contribution >= 0.6 is 11.6 Å². The van der Waals surface area contributed by atoms with Crippen molar-refractivity contribution in [3.8, 4) is 0 Å². The first-order valence-electron chi connectivity index (χ1n) is 3.20. The number of hydrogen-bond donors (Lipinski definition) is 1. The van der Waals surface area contributed by atoms with Gasteiger partial charge in [-0.25, -0.2) is 4.99 Å². The third-order valence-electron chi connectivity index (χ3n) is 1.46. The molecule has 1 heterocycles. The average molecular weight is 199 g/mol. The van der Waals surface area contributed by atoms with E-state index in [0.29, 0.717) is 0 Å². The van der Waals surface area contributed by atoms with Crippen molar-refractivity contribution in [2.75, 3.05) is 0 Å². The number of rotatable bonds is 0. The molecule has 2 N–H and O–H groups in total. The molecule has 0 unspecified atom stereocenters. The number of halogens is 4. The predicted molar refractivity (Wildman–Crippen MR) is 39.8 cm³/mol. The van der Waals surface area contributed by atoms with Gasteiger partial charge in [-0.05, 0) is 6.42 Å². The third kappa shape index (κ3) is 1.91. The van der Waals surface area contributed by atoms with E-state index in [0.717, 1.165) is 0 Å². The zero-order chi connectivity index (χ0) is 9.35. The van der Waals surface area contributed by atoms with Crippen LogP contribution in [0.25, 0.3) is 0 Å². The van der Waals surface area contributed by atoms with Gasteiger partial charge in [0.25, 0.3) is 0 Å². The van der Waals surface area contributed by atoms with Gasteiger partial charge >= 0.3 is 6.18 Å². The van der Waals surface area contributed by atoms with Crippen LogP contribution in [0.5, 0.6) is 0 Å². The van der Waals surface area contributed by atoms with Gasteiger partial charge in [-0.2, -0.15) is 13.2 Å². The lowest BCUT2D eigenvalue weighted by molar-refractivity contribution is -0.0606. The largest absolute Gasteiger partial charge is 0.429 e. The molecule has 1 rings (SSSR count). The standard InChI is InChI=1S/C6H6ClF3N2/c7-5-3(11)1-2-4(12-5)6(8,9)10/h1-2,11H2. The lowest BCUT2D eigenvalue weighted by Gasteiger charge is -2.14. The highest BCUT2D eigenvalue weighted by Gasteiger charge is 2.36. The van der Waals surface area contributed by atoms with E-state index in [1.165, 1.54) is 0 Å². The minimum absolute atomic E-state index is 0.122. The predicted octanol–water partition coefficient (Wildman–Crippen LogP) is 2.15. The van der Waals surface area contributed by atoms with Gasteiger partial charge in [0.1, 0.15) is 10.9 Å². The van der Waals surface area contributed by atoms with Crippen LogP contribution in [0.3, 0.4) is 0 Å². The fraction of sp³-hybridized carbons (Fsp3) is 0.500. The summed E-state index contributed by atoms with van der Waals surface area (Å²) in [5.41, 5.74) is 4.61. The Morgan fingerprint density at radius 2 is 1.92 bits per heavy atom. The third-order valence-corrected chi connectivity index (χ3v) is 1.78. The maximum absolute atomic E-state index is 12.0. The summed E-state index contributed by atoms with van der Waals surface area (Å²) in [5, 5.41) is -0.242. The number of hydrogen-bond acceptors (Lipinski definition) is 2. The minimum atomic E-state index is -4.39. The van der Waals surface area contributed by atoms with E-state index in [4.69, 9.17) is 17.3 Å². The molecule has 0 radical (unpaired) electrons. The molecule has 0 aromatic carbocycles. The van der Waals surface area contributed by atoms with E-state index in [9.17, 15) is 13.2 Å². The van der Waals surface area contributed by atoms with E-state index in [2.05, 4.69) is 4.99 Å². The smallest absolute Gasteiger partial charge is 0.400 e. The van der Waals surface area contributed by atoms with E-state index in [1.54, 1.807) is 0 Å². The molecule has 0 fully saturated rings. The maximum atomic E-state index is 12.0. The summed E-state index contributed by atoms with van der Waals surface area (Å²) < 4.78 is 36.0. The topological polar surface area (TPSA) is 38.4 Å². The molecule has 1 aliphatic heterocycles. The van der Waals surface area contributed by atoms with E-state index in [-0.39, 0.29) is 23.7 Å². The number of aliphatic imine (C=N–C) groups is 1. The monoisotopic (exact) mass is 198 g/mol. The van der Waals surface area contributed by atoms with Crippen LogP contribution in [0.15, 0.2) is 15.8 Å². The minimum Gasteiger partial charge on any atom is -0.400 e. The van der Waals surface area contributed by atoms with Crippen molar-refractivity contribution in [3.05, 3.63) is 10.9 Å². The van der Waals surface area contributed by atoms with Gasteiger partial charge < -0.3 is 5.73 Å². The highest BCUT2D eigenvalue weighted by atomic mass is 35.5. The van der Waals surface area contributed by atoms with Crippen molar-refractivity contribution in [2.24, 2.45) is 10.7 Å². The molecule has 0 aromatic rings. The highest BCUT2D eigenvalue weighted by molar-refractivity contribution is 6.30. The molecule has 0 aliphatic carbocycles. The SMILES string of the molecule is NC1=C(Cl)N=C(C(F)(F)F)CC1. The summed E-state index contributed by atoms with van der Waals surface area (Å²) in [7, 11) is 0. The first kappa shape index (κ1) is 9.38. The van der Waals surface area contributed by atoms with Gasteiger partial charge in [0.2, 0.25) is 0 Å². The van der Waals surface area contributed by atoms with Crippen LogP contribution in [0.2, 0.25) is 0 Å². The second-order valence-corrected chi connectivity index (χ2v) is 2.73. The van der Waals surface area contributed by atoms with E-state index in [1.807, 2.05) is 0 Å². The Balaban J connectivity index is 2.91. The van der Waals surface area contributed by atoms with Crippen molar-refractivity contribution >= 4 is 17.3 Å².